The van der Waals surface area contributed by atoms with Gasteiger partial charge in [0.15, 0.2) is 6.61 Å². The smallest absolute Gasteiger partial charge is 0.308 e. The van der Waals surface area contributed by atoms with Crippen molar-refractivity contribution in [1.82, 2.24) is 4.31 Å². The molecule has 1 aromatic heterocycles. The molecule has 2 heterocycles. The van der Waals surface area contributed by atoms with Gasteiger partial charge in [-0.3, -0.25) is 9.59 Å². The molecule has 1 unspecified atom stereocenters. The Labute approximate surface area is 224 Å². The summed E-state index contributed by atoms with van der Waals surface area (Å²) in [6.07, 6.45) is 0.349. The van der Waals surface area contributed by atoms with Crippen LogP contribution in [0.1, 0.15) is 29.2 Å². The molecule has 1 aliphatic rings. The lowest BCUT2D eigenvalue weighted by molar-refractivity contribution is -0.148. The lowest BCUT2D eigenvalue weighted by atomic mass is 9.92. The van der Waals surface area contributed by atoms with Gasteiger partial charge in [0.2, 0.25) is 0 Å². The molecule has 0 bridgehead atoms. The Morgan fingerprint density at radius 3 is 2.54 bits per heavy atom. The second-order valence-corrected chi connectivity index (χ2v) is 12.8. The molecule has 0 fully saturated rings. The molecule has 0 saturated heterocycles. The molecule has 11 heteroatoms. The number of thiophene rings is 1. The largest absolute Gasteiger partial charge is 0.456 e. The van der Waals surface area contributed by atoms with Gasteiger partial charge in [0.25, 0.3) is 15.9 Å². The van der Waals surface area contributed by atoms with E-state index in [1.807, 2.05) is 43.3 Å². The van der Waals surface area contributed by atoms with Crippen molar-refractivity contribution >= 4 is 70.8 Å². The monoisotopic (exact) mass is 640 g/mol. The molecule has 0 spiro atoms. The minimum absolute atomic E-state index is 0.202. The van der Waals surface area contributed by atoms with Gasteiger partial charge in [0, 0.05) is 15.5 Å². The number of benzene rings is 2. The van der Waals surface area contributed by atoms with E-state index in [0.29, 0.717) is 21.1 Å². The van der Waals surface area contributed by atoms with Gasteiger partial charge in [-0.05, 0) is 85.5 Å². The molecular formula is C24H22Br2N2O5S2. The minimum atomic E-state index is -3.79. The number of fused-ring (bicyclic) bond motifs is 1. The maximum Gasteiger partial charge on any atom is 0.308 e. The Morgan fingerprint density at radius 1 is 1.14 bits per heavy atom. The summed E-state index contributed by atoms with van der Waals surface area (Å²) in [4.78, 5) is 25.2. The SMILES string of the molecule is Cc1cc(Br)c(NC(=O)COC(=O)CC2c3ccccc3CCN2S(=O)(=O)c2cccs2)c(Br)c1. The topological polar surface area (TPSA) is 92.8 Å². The number of halogens is 2. The molecule has 4 rings (SSSR count). The van der Waals surface area contributed by atoms with Crippen molar-refractivity contribution in [3.8, 4) is 0 Å². The fourth-order valence-corrected chi connectivity index (χ4v) is 8.35. The van der Waals surface area contributed by atoms with Gasteiger partial charge >= 0.3 is 5.97 Å². The first-order chi connectivity index (χ1) is 16.7. The first-order valence-electron chi connectivity index (χ1n) is 10.7. The van der Waals surface area contributed by atoms with Crippen molar-refractivity contribution in [2.75, 3.05) is 18.5 Å². The maximum atomic E-state index is 13.3. The van der Waals surface area contributed by atoms with Crippen LogP contribution in [0.4, 0.5) is 5.69 Å². The van der Waals surface area contributed by atoms with E-state index < -0.39 is 34.5 Å². The summed E-state index contributed by atoms with van der Waals surface area (Å²) < 4.78 is 34.9. The third-order valence-electron chi connectivity index (χ3n) is 5.60. The van der Waals surface area contributed by atoms with Crippen LogP contribution < -0.4 is 5.32 Å². The zero-order chi connectivity index (χ0) is 25.2. The summed E-state index contributed by atoms with van der Waals surface area (Å²) >= 11 is 7.97. The summed E-state index contributed by atoms with van der Waals surface area (Å²) in [5, 5.41) is 4.42. The Balaban J connectivity index is 1.48. The molecule has 1 amide bonds. The average molecular weight is 642 g/mol. The van der Waals surface area contributed by atoms with Crippen LogP contribution in [0, 0.1) is 6.92 Å². The van der Waals surface area contributed by atoms with Crippen LogP contribution in [0.5, 0.6) is 0 Å². The molecule has 1 atom stereocenters. The highest BCUT2D eigenvalue weighted by molar-refractivity contribution is 9.11. The van der Waals surface area contributed by atoms with Gasteiger partial charge in [0.05, 0.1) is 18.2 Å². The van der Waals surface area contributed by atoms with Crippen LogP contribution in [0.25, 0.3) is 0 Å². The van der Waals surface area contributed by atoms with Crippen molar-refractivity contribution in [2.24, 2.45) is 0 Å². The molecule has 0 saturated carbocycles. The Morgan fingerprint density at radius 2 is 1.86 bits per heavy atom. The highest BCUT2D eigenvalue weighted by atomic mass is 79.9. The Hall–Kier alpha value is -2.05. The second kappa shape index (κ2) is 10.9. The molecule has 1 N–H and O–H groups in total. The number of nitrogens with zero attached hydrogens (tertiary/aromatic N) is 1. The number of rotatable bonds is 7. The number of anilines is 1. The number of nitrogens with one attached hydrogen (secondary N) is 1. The Kier molecular flexibility index (Phi) is 8.12. The van der Waals surface area contributed by atoms with E-state index in [4.69, 9.17) is 4.74 Å². The van der Waals surface area contributed by atoms with Gasteiger partial charge in [0.1, 0.15) is 4.21 Å². The van der Waals surface area contributed by atoms with Crippen LogP contribution in [-0.2, 0) is 30.8 Å². The van der Waals surface area contributed by atoms with E-state index in [0.717, 1.165) is 28.0 Å². The van der Waals surface area contributed by atoms with E-state index in [1.54, 1.807) is 17.5 Å². The Bertz CT molecular complexity index is 1340. The molecule has 35 heavy (non-hydrogen) atoms. The number of ether oxygens (including phenoxy) is 1. The van der Waals surface area contributed by atoms with Gasteiger partial charge in [-0.25, -0.2) is 8.42 Å². The second-order valence-electron chi connectivity index (χ2n) is 8.03. The van der Waals surface area contributed by atoms with Crippen LogP contribution in [0.3, 0.4) is 0 Å². The number of hydrogen-bond acceptors (Lipinski definition) is 6. The highest BCUT2D eigenvalue weighted by Gasteiger charge is 2.38. The van der Waals surface area contributed by atoms with E-state index in [-0.39, 0.29) is 17.2 Å². The molecule has 7 nitrogen and oxygen atoms in total. The summed E-state index contributed by atoms with van der Waals surface area (Å²) in [5.41, 5.74) is 3.30. The zero-order valence-corrected chi connectivity index (χ0v) is 23.5. The van der Waals surface area contributed by atoms with Gasteiger partial charge in [-0.15, -0.1) is 11.3 Å². The molecule has 184 valence electrons. The normalized spacial score (nSPS) is 15.9. The fourth-order valence-electron chi connectivity index (χ4n) is 4.01. The van der Waals surface area contributed by atoms with Crippen molar-refractivity contribution in [2.45, 2.75) is 30.0 Å². The van der Waals surface area contributed by atoms with Crippen LogP contribution in [0.15, 0.2) is 67.1 Å². The quantitative estimate of drug-likeness (QED) is 0.347. The van der Waals surface area contributed by atoms with Crippen LogP contribution >= 0.6 is 43.2 Å². The van der Waals surface area contributed by atoms with Gasteiger partial charge in [-0.1, -0.05) is 30.3 Å². The number of aryl methyl sites for hydroxylation is 1. The first-order valence-corrected chi connectivity index (χ1v) is 14.6. The molecule has 0 radical (unpaired) electrons. The van der Waals surface area contributed by atoms with E-state index in [1.165, 1.54) is 4.31 Å². The number of carbonyl (C=O) groups excluding carboxylic acids is 2. The van der Waals surface area contributed by atoms with E-state index >= 15 is 0 Å². The van der Waals surface area contributed by atoms with Gasteiger partial charge < -0.3 is 10.1 Å². The molecule has 3 aromatic rings. The van der Waals surface area contributed by atoms with Crippen LogP contribution in [-0.4, -0.2) is 37.8 Å². The van der Waals surface area contributed by atoms with Gasteiger partial charge in [-0.2, -0.15) is 4.31 Å². The molecular weight excluding hydrogens is 620 g/mol. The van der Waals surface area contributed by atoms with E-state index in [9.17, 15) is 18.0 Å². The van der Waals surface area contributed by atoms with Crippen LogP contribution in [0.2, 0.25) is 0 Å². The number of esters is 1. The molecule has 1 aliphatic heterocycles. The number of sulfonamides is 1. The summed E-state index contributed by atoms with van der Waals surface area (Å²) in [6.45, 7) is 1.69. The molecule has 0 aliphatic carbocycles. The number of amides is 1. The standard InChI is InChI=1S/C24H22Br2N2O5S2/c1-15-11-18(25)24(19(26)12-15)27-21(29)14-33-22(30)13-20-17-6-3-2-5-16(17)8-9-28(20)35(31,32)23-7-4-10-34-23/h2-7,10-12,20H,8-9,13-14H2,1H3,(H,27,29). The predicted molar refractivity (Wildman–Crippen MR) is 142 cm³/mol. The third kappa shape index (κ3) is 5.86. The third-order valence-corrected chi connectivity index (χ3v) is 10.1. The van der Waals surface area contributed by atoms with Crippen molar-refractivity contribution in [1.29, 1.82) is 0 Å². The first kappa shape index (κ1) is 26.0. The number of hydrogen-bond donors (Lipinski definition) is 1. The predicted octanol–water partition coefficient (Wildman–Crippen LogP) is 5.44. The van der Waals surface area contributed by atoms with E-state index in [2.05, 4.69) is 37.2 Å². The molecule has 2 aromatic carbocycles. The zero-order valence-electron chi connectivity index (χ0n) is 18.7. The average Bonchev–Trinajstić information content (AvgIpc) is 3.36. The maximum absolute atomic E-state index is 13.3. The minimum Gasteiger partial charge on any atom is -0.456 e. The fraction of sp³-hybridized carbons (Fsp3) is 0.250. The summed E-state index contributed by atoms with van der Waals surface area (Å²) in [7, 11) is -3.79. The lowest BCUT2D eigenvalue weighted by Gasteiger charge is -2.35. The summed E-state index contributed by atoms with van der Waals surface area (Å²) in [6, 6.07) is 13.7. The highest BCUT2D eigenvalue weighted by Crippen LogP contribution is 2.37. The summed E-state index contributed by atoms with van der Waals surface area (Å²) in [5.74, 6) is -1.16. The lowest BCUT2D eigenvalue weighted by Crippen LogP contribution is -2.41. The van der Waals surface area contributed by atoms with Crippen molar-refractivity contribution in [3.05, 3.63) is 79.5 Å². The van der Waals surface area contributed by atoms with Crippen molar-refractivity contribution < 1.29 is 22.7 Å². The van der Waals surface area contributed by atoms with Crippen molar-refractivity contribution in [3.63, 3.8) is 0 Å². The number of carbonyl (C=O) groups is 2.